The Morgan fingerprint density at radius 3 is 2.92 bits per heavy atom. The first-order chi connectivity index (χ1) is 11.8. The number of aliphatic imine (C=N–C) groups is 1. The van der Waals surface area contributed by atoms with Crippen LogP contribution in [0.15, 0.2) is 27.8 Å². The van der Waals surface area contributed by atoms with Crippen LogP contribution in [0.25, 0.3) is 0 Å². The van der Waals surface area contributed by atoms with Crippen molar-refractivity contribution in [2.75, 3.05) is 59.7 Å². The molecule has 1 aromatic rings. The van der Waals surface area contributed by atoms with Gasteiger partial charge in [-0.2, -0.15) is 0 Å². The summed E-state index contributed by atoms with van der Waals surface area (Å²) in [6, 6.07) is 3.43. The van der Waals surface area contributed by atoms with E-state index in [0.717, 1.165) is 39.3 Å². The molecule has 0 aliphatic carbocycles. The van der Waals surface area contributed by atoms with E-state index >= 15 is 0 Å². The molecule has 0 unspecified atom stereocenters. The zero-order chi connectivity index (χ0) is 17.0. The molecule has 1 aliphatic rings. The molecule has 1 N–H and O–H groups in total. The lowest BCUT2D eigenvalue weighted by Gasteiger charge is -2.26. The summed E-state index contributed by atoms with van der Waals surface area (Å²) in [5.41, 5.74) is 0. The van der Waals surface area contributed by atoms with E-state index in [1.165, 1.54) is 6.26 Å². The van der Waals surface area contributed by atoms with Gasteiger partial charge in [-0.3, -0.25) is 15.0 Å². The lowest BCUT2D eigenvalue weighted by Crippen LogP contribution is -2.37. The Kier molecular flexibility index (Phi) is 8.29. The number of carbonyl (C=O) groups is 1. The molecule has 0 aromatic carbocycles. The Labute approximate surface area is 141 Å². The van der Waals surface area contributed by atoms with Crippen LogP contribution < -0.4 is 5.32 Å². The predicted octanol–water partition coefficient (Wildman–Crippen LogP) is 0.751. The van der Waals surface area contributed by atoms with Crippen molar-refractivity contribution in [2.24, 2.45) is 4.99 Å². The van der Waals surface area contributed by atoms with Crippen LogP contribution in [0.1, 0.15) is 17.0 Å². The molecule has 2 rings (SSSR count). The summed E-state index contributed by atoms with van der Waals surface area (Å²) in [6.07, 6.45) is 2.33. The SMILES string of the molecule is COCCOC(=NCCCN1CCOCC1)NC(=O)c1ccco1. The molecule has 0 bridgehead atoms. The van der Waals surface area contributed by atoms with Gasteiger partial charge in [0.25, 0.3) is 11.9 Å². The number of rotatable bonds is 8. The second-order valence-electron chi connectivity index (χ2n) is 5.27. The fourth-order valence-corrected chi connectivity index (χ4v) is 2.21. The molecule has 0 spiro atoms. The number of ether oxygens (including phenoxy) is 3. The summed E-state index contributed by atoms with van der Waals surface area (Å²) in [5.74, 6) is -0.171. The summed E-state index contributed by atoms with van der Waals surface area (Å²) in [6.45, 7) is 5.73. The van der Waals surface area contributed by atoms with E-state index in [4.69, 9.17) is 18.6 Å². The van der Waals surface area contributed by atoms with Crippen molar-refractivity contribution >= 4 is 11.9 Å². The molecule has 1 aromatic heterocycles. The summed E-state index contributed by atoms with van der Waals surface area (Å²) >= 11 is 0. The topological polar surface area (TPSA) is 85.5 Å². The summed E-state index contributed by atoms with van der Waals surface area (Å²) in [4.78, 5) is 18.7. The highest BCUT2D eigenvalue weighted by Gasteiger charge is 2.13. The van der Waals surface area contributed by atoms with Gasteiger partial charge in [0.2, 0.25) is 0 Å². The molecule has 2 heterocycles. The summed E-state index contributed by atoms with van der Waals surface area (Å²) < 4.78 is 20.8. The Morgan fingerprint density at radius 2 is 2.21 bits per heavy atom. The normalized spacial score (nSPS) is 16.1. The van der Waals surface area contributed by atoms with E-state index < -0.39 is 0 Å². The second-order valence-corrected chi connectivity index (χ2v) is 5.27. The van der Waals surface area contributed by atoms with Gasteiger partial charge in [0.1, 0.15) is 6.61 Å². The van der Waals surface area contributed by atoms with E-state index in [0.29, 0.717) is 19.8 Å². The maximum atomic E-state index is 12.0. The van der Waals surface area contributed by atoms with Crippen molar-refractivity contribution in [1.82, 2.24) is 10.2 Å². The number of amides is 1. The zero-order valence-electron chi connectivity index (χ0n) is 14.0. The Morgan fingerprint density at radius 1 is 1.38 bits per heavy atom. The molecule has 1 amide bonds. The number of methoxy groups -OCH3 is 1. The molecule has 1 aliphatic heterocycles. The van der Waals surface area contributed by atoms with Gasteiger partial charge in [-0.1, -0.05) is 0 Å². The fourth-order valence-electron chi connectivity index (χ4n) is 2.21. The largest absolute Gasteiger partial charge is 0.463 e. The average molecular weight is 339 g/mol. The Balaban J connectivity index is 1.78. The molecular weight excluding hydrogens is 314 g/mol. The third-order valence-electron chi connectivity index (χ3n) is 3.48. The molecule has 24 heavy (non-hydrogen) atoms. The first-order valence-electron chi connectivity index (χ1n) is 8.10. The number of amidine groups is 1. The molecule has 0 atom stereocenters. The van der Waals surface area contributed by atoms with Crippen molar-refractivity contribution in [3.63, 3.8) is 0 Å². The minimum absolute atomic E-state index is 0.190. The molecule has 8 heteroatoms. The van der Waals surface area contributed by atoms with Crippen molar-refractivity contribution in [2.45, 2.75) is 6.42 Å². The third kappa shape index (κ3) is 6.69. The fraction of sp³-hybridized carbons (Fsp3) is 0.625. The summed E-state index contributed by atoms with van der Waals surface area (Å²) in [7, 11) is 1.59. The zero-order valence-corrected chi connectivity index (χ0v) is 14.0. The highest BCUT2D eigenvalue weighted by atomic mass is 16.5. The number of hydrogen-bond acceptors (Lipinski definition) is 7. The van der Waals surface area contributed by atoms with Gasteiger partial charge >= 0.3 is 0 Å². The highest BCUT2D eigenvalue weighted by Crippen LogP contribution is 2.00. The Hall–Kier alpha value is -1.90. The van der Waals surface area contributed by atoms with Crippen LogP contribution in [0.4, 0.5) is 0 Å². The van der Waals surface area contributed by atoms with Gasteiger partial charge in [-0.05, 0) is 18.6 Å². The average Bonchev–Trinajstić information content (AvgIpc) is 3.14. The molecule has 1 saturated heterocycles. The van der Waals surface area contributed by atoms with Crippen molar-refractivity contribution in [3.8, 4) is 0 Å². The van der Waals surface area contributed by atoms with Crippen LogP contribution in [-0.4, -0.2) is 76.5 Å². The van der Waals surface area contributed by atoms with E-state index in [-0.39, 0.29) is 17.7 Å². The Bertz CT molecular complexity index is 498. The van der Waals surface area contributed by atoms with Crippen LogP contribution in [0.5, 0.6) is 0 Å². The van der Waals surface area contributed by atoms with E-state index in [9.17, 15) is 4.79 Å². The smallest absolute Gasteiger partial charge is 0.294 e. The molecule has 0 radical (unpaired) electrons. The molecule has 1 fully saturated rings. The van der Waals surface area contributed by atoms with E-state index in [1.807, 2.05) is 0 Å². The van der Waals surface area contributed by atoms with E-state index in [1.54, 1.807) is 19.2 Å². The number of carbonyl (C=O) groups excluding carboxylic acids is 1. The minimum Gasteiger partial charge on any atom is -0.463 e. The quantitative estimate of drug-likeness (QED) is 0.427. The van der Waals surface area contributed by atoms with Crippen molar-refractivity contribution < 1.29 is 23.4 Å². The number of nitrogens with one attached hydrogen (secondary N) is 1. The van der Waals surface area contributed by atoms with Crippen LogP contribution in [0.3, 0.4) is 0 Å². The summed E-state index contributed by atoms with van der Waals surface area (Å²) in [5, 5.41) is 2.62. The lowest BCUT2D eigenvalue weighted by atomic mass is 10.3. The monoisotopic (exact) mass is 339 g/mol. The molecule has 134 valence electrons. The molecule has 8 nitrogen and oxygen atoms in total. The first kappa shape index (κ1) is 18.4. The van der Waals surface area contributed by atoms with Crippen molar-refractivity contribution in [1.29, 1.82) is 0 Å². The number of furan rings is 1. The van der Waals surface area contributed by atoms with Gasteiger partial charge in [0, 0.05) is 33.3 Å². The standard InChI is InChI=1S/C16H25N3O5/c1-21-12-13-24-16(18-15(20)14-4-2-9-23-14)17-5-3-6-19-7-10-22-11-8-19/h2,4,9H,3,5-8,10-13H2,1H3,(H,17,18,20). The van der Waals surface area contributed by atoms with Crippen LogP contribution >= 0.6 is 0 Å². The van der Waals surface area contributed by atoms with Crippen LogP contribution in [0.2, 0.25) is 0 Å². The lowest BCUT2D eigenvalue weighted by molar-refractivity contribution is 0.0377. The van der Waals surface area contributed by atoms with E-state index in [2.05, 4.69) is 15.2 Å². The van der Waals surface area contributed by atoms with Crippen LogP contribution in [0, 0.1) is 0 Å². The predicted molar refractivity (Wildman–Crippen MR) is 88.2 cm³/mol. The van der Waals surface area contributed by atoms with Gasteiger partial charge in [0.05, 0.1) is 26.1 Å². The number of morpholine rings is 1. The van der Waals surface area contributed by atoms with Gasteiger partial charge < -0.3 is 18.6 Å². The van der Waals surface area contributed by atoms with Gasteiger partial charge in [0.15, 0.2) is 5.76 Å². The first-order valence-corrected chi connectivity index (χ1v) is 8.10. The maximum absolute atomic E-state index is 12.0. The maximum Gasteiger partial charge on any atom is 0.294 e. The minimum atomic E-state index is -0.385. The van der Waals surface area contributed by atoms with Crippen molar-refractivity contribution in [3.05, 3.63) is 24.2 Å². The number of nitrogens with zero attached hydrogens (tertiary/aromatic N) is 2. The number of hydrogen-bond donors (Lipinski definition) is 1. The van der Waals surface area contributed by atoms with Gasteiger partial charge in [-0.15, -0.1) is 0 Å². The second kappa shape index (κ2) is 10.8. The van der Waals surface area contributed by atoms with Gasteiger partial charge in [-0.25, -0.2) is 4.99 Å². The molecule has 0 saturated carbocycles. The van der Waals surface area contributed by atoms with Crippen LogP contribution in [-0.2, 0) is 14.2 Å². The third-order valence-corrected chi connectivity index (χ3v) is 3.48. The molecular formula is C16H25N3O5. The highest BCUT2D eigenvalue weighted by molar-refractivity contribution is 6.02.